The number of pyridine rings is 1. The van der Waals surface area contributed by atoms with Crippen molar-refractivity contribution < 1.29 is 14.0 Å². The Balaban J connectivity index is 1.35. The Morgan fingerprint density at radius 2 is 1.90 bits per heavy atom. The summed E-state index contributed by atoms with van der Waals surface area (Å²) in [5.41, 5.74) is 1.37. The molecule has 154 valence electrons. The van der Waals surface area contributed by atoms with Gasteiger partial charge in [0.25, 0.3) is 11.8 Å². The number of hydrogen-bond acceptors (Lipinski definition) is 6. The molecule has 4 saturated heterocycles. The van der Waals surface area contributed by atoms with E-state index < -0.39 is 0 Å². The maximum Gasteiger partial charge on any atom is 0.270 e. The fraction of sp³-hybridized carbons (Fsp3) is 0.571. The highest BCUT2D eigenvalue weighted by Gasteiger charge is 2.35. The van der Waals surface area contributed by atoms with Gasteiger partial charge in [-0.15, -0.1) is 0 Å². The smallest absolute Gasteiger partial charge is 0.270 e. The van der Waals surface area contributed by atoms with Crippen LogP contribution in [0.5, 0.6) is 0 Å². The zero-order chi connectivity index (χ0) is 20.0. The second kappa shape index (κ2) is 7.42. The van der Waals surface area contributed by atoms with Crippen molar-refractivity contribution in [2.45, 2.75) is 18.9 Å². The molecule has 29 heavy (non-hydrogen) atoms. The molecule has 0 radical (unpaired) electrons. The van der Waals surface area contributed by atoms with Crippen molar-refractivity contribution >= 4 is 22.8 Å². The van der Waals surface area contributed by atoms with Gasteiger partial charge < -0.3 is 24.4 Å². The lowest BCUT2D eigenvalue weighted by atomic mass is 9.84. The Hall–Kier alpha value is -2.45. The number of amides is 2. The first kappa shape index (κ1) is 18.6. The highest BCUT2D eigenvalue weighted by molar-refractivity contribution is 6.07. The first-order valence-electron chi connectivity index (χ1n) is 10.5. The molecule has 0 aliphatic carbocycles. The molecule has 6 heterocycles. The summed E-state index contributed by atoms with van der Waals surface area (Å²) in [6.45, 7) is 6.28. The summed E-state index contributed by atoms with van der Waals surface area (Å²) in [4.78, 5) is 36.6. The maximum atomic E-state index is 13.0. The van der Waals surface area contributed by atoms with Crippen LogP contribution in [0.15, 0.2) is 22.9 Å². The molecular weight excluding hydrogens is 370 g/mol. The number of furan rings is 1. The van der Waals surface area contributed by atoms with Crippen LogP contribution in [-0.4, -0.2) is 90.4 Å². The molecule has 8 heteroatoms. The van der Waals surface area contributed by atoms with Crippen molar-refractivity contribution in [1.29, 1.82) is 0 Å². The summed E-state index contributed by atoms with van der Waals surface area (Å²) in [6.07, 6.45) is 5.31. The Morgan fingerprint density at radius 3 is 2.59 bits per heavy atom. The summed E-state index contributed by atoms with van der Waals surface area (Å²) in [6, 6.07) is 1.87. The monoisotopic (exact) mass is 397 g/mol. The number of carbonyl (C=O) groups excluding carboxylic acids is 2. The van der Waals surface area contributed by atoms with E-state index in [1.54, 1.807) is 12.3 Å². The number of fused-ring (bicyclic) bond motifs is 4. The van der Waals surface area contributed by atoms with Gasteiger partial charge in [-0.25, -0.2) is 4.98 Å². The highest BCUT2D eigenvalue weighted by Crippen LogP contribution is 2.28. The Bertz CT molecular complexity index is 926. The minimum Gasteiger partial charge on any atom is -0.462 e. The number of nitrogens with one attached hydrogen (secondary N) is 1. The van der Waals surface area contributed by atoms with E-state index in [0.29, 0.717) is 41.2 Å². The van der Waals surface area contributed by atoms with Crippen molar-refractivity contribution in [1.82, 2.24) is 25.0 Å². The molecule has 0 spiro atoms. The van der Waals surface area contributed by atoms with Gasteiger partial charge in [-0.1, -0.05) is 0 Å². The van der Waals surface area contributed by atoms with Crippen LogP contribution in [-0.2, 0) is 0 Å². The van der Waals surface area contributed by atoms with Crippen LogP contribution >= 0.6 is 0 Å². The van der Waals surface area contributed by atoms with Crippen LogP contribution in [0.2, 0.25) is 0 Å². The molecule has 2 bridgehead atoms. The largest absolute Gasteiger partial charge is 0.462 e. The summed E-state index contributed by atoms with van der Waals surface area (Å²) in [7, 11) is 2.06. The van der Waals surface area contributed by atoms with Crippen molar-refractivity contribution in [3.05, 3.63) is 29.8 Å². The van der Waals surface area contributed by atoms with E-state index in [1.807, 2.05) is 4.90 Å². The SMILES string of the molecule is CN1CCN(C(=O)c2coc3cnc(C(=O)N[C@H]4CN5CCC4CC5)cc23)CC1. The van der Waals surface area contributed by atoms with E-state index in [0.717, 1.165) is 45.6 Å². The lowest BCUT2D eigenvalue weighted by Crippen LogP contribution is -2.57. The lowest BCUT2D eigenvalue weighted by molar-refractivity contribution is 0.0617. The summed E-state index contributed by atoms with van der Waals surface area (Å²) in [5.74, 6) is 0.327. The molecule has 4 aliphatic rings. The van der Waals surface area contributed by atoms with E-state index in [1.165, 1.54) is 6.26 Å². The minimum absolute atomic E-state index is 0.0493. The van der Waals surface area contributed by atoms with Crippen molar-refractivity contribution in [3.63, 3.8) is 0 Å². The number of piperazine rings is 1. The van der Waals surface area contributed by atoms with Crippen molar-refractivity contribution in [3.8, 4) is 0 Å². The van der Waals surface area contributed by atoms with Gasteiger partial charge in [-0.05, 0) is 45.0 Å². The predicted octanol–water partition coefficient (Wildman–Crippen LogP) is 1.04. The molecule has 2 aromatic rings. The van der Waals surface area contributed by atoms with Crippen LogP contribution in [0.1, 0.15) is 33.7 Å². The fourth-order valence-corrected chi connectivity index (χ4v) is 4.77. The van der Waals surface area contributed by atoms with Crippen molar-refractivity contribution in [2.75, 3.05) is 52.9 Å². The zero-order valence-electron chi connectivity index (χ0n) is 16.8. The Kier molecular flexibility index (Phi) is 4.75. The number of hydrogen-bond donors (Lipinski definition) is 1. The topological polar surface area (TPSA) is 81.9 Å². The average molecular weight is 397 g/mol. The third-order valence-electron chi connectivity index (χ3n) is 6.69. The van der Waals surface area contributed by atoms with E-state index in [9.17, 15) is 9.59 Å². The lowest BCUT2D eigenvalue weighted by Gasteiger charge is -2.44. The molecule has 4 aliphatic heterocycles. The van der Waals surface area contributed by atoms with Gasteiger partial charge in [0.05, 0.1) is 11.8 Å². The third kappa shape index (κ3) is 3.51. The van der Waals surface area contributed by atoms with Crippen molar-refractivity contribution in [2.24, 2.45) is 5.92 Å². The van der Waals surface area contributed by atoms with Gasteiger partial charge in [-0.2, -0.15) is 0 Å². The highest BCUT2D eigenvalue weighted by atomic mass is 16.3. The predicted molar refractivity (Wildman–Crippen MR) is 108 cm³/mol. The van der Waals surface area contributed by atoms with E-state index in [4.69, 9.17) is 4.42 Å². The molecule has 8 nitrogen and oxygen atoms in total. The molecule has 1 N–H and O–H groups in total. The fourth-order valence-electron chi connectivity index (χ4n) is 4.77. The standard InChI is InChI=1S/C21H27N5O3/c1-24-6-8-26(9-7-24)21(28)16-13-29-19-11-22-17(10-15(16)19)20(27)23-18-12-25-4-2-14(18)3-5-25/h10-11,13-14,18H,2-9,12H2,1H3,(H,23,27)/t18-/m0/s1. The second-order valence-electron chi connectivity index (χ2n) is 8.53. The van der Waals surface area contributed by atoms with Gasteiger partial charge in [0.1, 0.15) is 12.0 Å². The molecule has 2 amide bonds. The van der Waals surface area contributed by atoms with Crippen LogP contribution in [0, 0.1) is 5.92 Å². The van der Waals surface area contributed by atoms with Crippen LogP contribution in [0.3, 0.4) is 0 Å². The number of nitrogens with zero attached hydrogens (tertiary/aromatic N) is 4. The van der Waals surface area contributed by atoms with Crippen LogP contribution in [0.4, 0.5) is 0 Å². The summed E-state index contributed by atoms with van der Waals surface area (Å²) >= 11 is 0. The summed E-state index contributed by atoms with van der Waals surface area (Å²) in [5, 5.41) is 3.82. The first-order chi connectivity index (χ1) is 14.1. The zero-order valence-corrected chi connectivity index (χ0v) is 16.8. The normalized spacial score (nSPS) is 27.3. The van der Waals surface area contributed by atoms with E-state index >= 15 is 0 Å². The van der Waals surface area contributed by atoms with E-state index in [2.05, 4.69) is 27.1 Å². The molecule has 2 aromatic heterocycles. The molecule has 1 atom stereocenters. The molecule has 6 rings (SSSR count). The van der Waals surface area contributed by atoms with Gasteiger partial charge in [0, 0.05) is 44.2 Å². The minimum atomic E-state index is -0.176. The third-order valence-corrected chi connectivity index (χ3v) is 6.69. The molecule has 4 fully saturated rings. The molecule has 0 unspecified atom stereocenters. The Morgan fingerprint density at radius 1 is 1.14 bits per heavy atom. The van der Waals surface area contributed by atoms with Crippen LogP contribution < -0.4 is 5.32 Å². The maximum absolute atomic E-state index is 13.0. The van der Waals surface area contributed by atoms with Gasteiger partial charge in [0.2, 0.25) is 0 Å². The van der Waals surface area contributed by atoms with E-state index in [-0.39, 0.29) is 17.9 Å². The quantitative estimate of drug-likeness (QED) is 0.834. The van der Waals surface area contributed by atoms with Gasteiger partial charge in [0.15, 0.2) is 5.58 Å². The number of carbonyl (C=O) groups is 2. The average Bonchev–Trinajstić information content (AvgIpc) is 3.18. The number of likely N-dealkylation sites (N-methyl/N-ethyl adjacent to an activating group) is 1. The molecule has 0 saturated carbocycles. The summed E-state index contributed by atoms with van der Waals surface area (Å²) < 4.78 is 5.55. The van der Waals surface area contributed by atoms with Gasteiger partial charge >= 0.3 is 0 Å². The number of aromatic nitrogens is 1. The number of rotatable bonds is 3. The second-order valence-corrected chi connectivity index (χ2v) is 8.53. The Labute approximate surface area is 169 Å². The first-order valence-corrected chi connectivity index (χ1v) is 10.5. The number of piperidine rings is 3. The molecule has 0 aromatic carbocycles. The van der Waals surface area contributed by atoms with Crippen LogP contribution in [0.25, 0.3) is 11.0 Å². The van der Waals surface area contributed by atoms with Gasteiger partial charge in [-0.3, -0.25) is 9.59 Å². The molecular formula is C21H27N5O3.